The fourth-order valence-electron chi connectivity index (χ4n) is 1.99. The standard InChI is InChI=1S/C14H12FN5O3S/c1-23-11-3-2-10(15)6-12(11)24(21,22)19-13-7-14(18-8-17-13)20-5-4-16-9-20/h2-9H,1H3,(H,17,18,19). The van der Waals surface area contributed by atoms with Crippen molar-refractivity contribution in [1.29, 1.82) is 0 Å². The Morgan fingerprint density at radius 2 is 2.08 bits per heavy atom. The Bertz CT molecular complexity index is 960. The first-order valence-electron chi connectivity index (χ1n) is 6.66. The van der Waals surface area contributed by atoms with Crippen LogP contribution in [0.15, 0.2) is 54.2 Å². The monoisotopic (exact) mass is 349 g/mol. The molecule has 2 heterocycles. The molecule has 3 rings (SSSR count). The Morgan fingerprint density at radius 1 is 1.25 bits per heavy atom. The van der Waals surface area contributed by atoms with Gasteiger partial charge in [0.1, 0.15) is 40.8 Å². The molecule has 0 atom stereocenters. The number of anilines is 1. The molecule has 0 fully saturated rings. The summed E-state index contributed by atoms with van der Waals surface area (Å²) in [7, 11) is -2.79. The quantitative estimate of drug-likeness (QED) is 0.751. The van der Waals surface area contributed by atoms with E-state index >= 15 is 0 Å². The summed E-state index contributed by atoms with van der Waals surface area (Å²) in [6.45, 7) is 0. The minimum Gasteiger partial charge on any atom is -0.495 e. The zero-order valence-electron chi connectivity index (χ0n) is 12.4. The third-order valence-corrected chi connectivity index (χ3v) is 4.45. The van der Waals surface area contributed by atoms with Crippen LogP contribution in [0.3, 0.4) is 0 Å². The van der Waals surface area contributed by atoms with Crippen LogP contribution in [0.2, 0.25) is 0 Å². The molecule has 3 aromatic rings. The van der Waals surface area contributed by atoms with Crippen LogP contribution >= 0.6 is 0 Å². The number of aromatic nitrogens is 4. The van der Waals surface area contributed by atoms with Crippen molar-refractivity contribution in [2.45, 2.75) is 4.90 Å². The maximum absolute atomic E-state index is 13.4. The third kappa shape index (κ3) is 3.18. The van der Waals surface area contributed by atoms with Gasteiger partial charge in [0.05, 0.1) is 7.11 Å². The summed E-state index contributed by atoms with van der Waals surface area (Å²) in [4.78, 5) is 11.5. The molecule has 0 aliphatic carbocycles. The van der Waals surface area contributed by atoms with Gasteiger partial charge >= 0.3 is 0 Å². The van der Waals surface area contributed by atoms with Gasteiger partial charge in [0.2, 0.25) is 0 Å². The Morgan fingerprint density at radius 3 is 2.79 bits per heavy atom. The van der Waals surface area contributed by atoms with Gasteiger partial charge in [0, 0.05) is 18.5 Å². The van der Waals surface area contributed by atoms with Crippen molar-refractivity contribution >= 4 is 15.8 Å². The summed E-state index contributed by atoms with van der Waals surface area (Å²) in [5.41, 5.74) is 0. The average Bonchev–Trinajstić information content (AvgIpc) is 3.09. The Balaban J connectivity index is 1.96. The van der Waals surface area contributed by atoms with Gasteiger partial charge in [-0.25, -0.2) is 27.8 Å². The fraction of sp³-hybridized carbons (Fsp3) is 0.0714. The first-order chi connectivity index (χ1) is 11.5. The summed E-state index contributed by atoms with van der Waals surface area (Å²) in [5, 5.41) is 0. The number of halogens is 1. The van der Waals surface area contributed by atoms with Crippen LogP contribution in [-0.2, 0) is 10.0 Å². The number of hydrogen-bond donors (Lipinski definition) is 1. The van der Waals surface area contributed by atoms with Crippen molar-refractivity contribution in [3.8, 4) is 11.6 Å². The van der Waals surface area contributed by atoms with Gasteiger partial charge in [-0.05, 0) is 18.2 Å². The number of ether oxygens (including phenoxy) is 1. The summed E-state index contributed by atoms with van der Waals surface area (Å²) in [6, 6.07) is 4.64. The zero-order chi connectivity index (χ0) is 17.2. The lowest BCUT2D eigenvalue weighted by Crippen LogP contribution is -2.15. The smallest absolute Gasteiger partial charge is 0.266 e. The maximum Gasteiger partial charge on any atom is 0.266 e. The van der Waals surface area contributed by atoms with E-state index in [0.29, 0.717) is 5.82 Å². The second-order valence-corrected chi connectivity index (χ2v) is 6.28. The Hall–Kier alpha value is -3.01. The summed E-state index contributed by atoms with van der Waals surface area (Å²) in [5.74, 6) is -0.225. The third-order valence-electron chi connectivity index (χ3n) is 3.08. The molecular formula is C14H12FN5O3S. The molecule has 124 valence electrons. The number of benzene rings is 1. The molecule has 0 unspecified atom stereocenters. The first-order valence-corrected chi connectivity index (χ1v) is 8.14. The number of methoxy groups -OCH3 is 1. The molecule has 1 N–H and O–H groups in total. The number of rotatable bonds is 5. The van der Waals surface area contributed by atoms with Crippen molar-refractivity contribution in [2.24, 2.45) is 0 Å². The molecule has 8 nitrogen and oxygen atoms in total. The number of sulfonamides is 1. The lowest BCUT2D eigenvalue weighted by atomic mass is 10.3. The van der Waals surface area contributed by atoms with Gasteiger partial charge in [0.15, 0.2) is 0 Å². The molecule has 0 amide bonds. The van der Waals surface area contributed by atoms with E-state index in [1.807, 2.05) is 0 Å². The van der Waals surface area contributed by atoms with Crippen LogP contribution in [-0.4, -0.2) is 35.0 Å². The molecule has 0 aliphatic heterocycles. The molecule has 2 aromatic heterocycles. The van der Waals surface area contributed by atoms with Gasteiger partial charge in [-0.15, -0.1) is 0 Å². The summed E-state index contributed by atoms with van der Waals surface area (Å²) >= 11 is 0. The Kier molecular flexibility index (Phi) is 4.13. The van der Waals surface area contributed by atoms with E-state index in [1.165, 1.54) is 31.9 Å². The highest BCUT2D eigenvalue weighted by Crippen LogP contribution is 2.26. The van der Waals surface area contributed by atoms with Crippen molar-refractivity contribution in [2.75, 3.05) is 11.8 Å². The minimum absolute atomic E-state index is 0.0211. The van der Waals surface area contributed by atoms with Crippen LogP contribution in [0.5, 0.6) is 5.75 Å². The van der Waals surface area contributed by atoms with E-state index in [4.69, 9.17) is 4.74 Å². The van der Waals surface area contributed by atoms with Gasteiger partial charge in [-0.1, -0.05) is 0 Å². The molecule has 0 saturated heterocycles. The van der Waals surface area contributed by atoms with E-state index in [2.05, 4.69) is 19.7 Å². The van der Waals surface area contributed by atoms with E-state index in [1.54, 1.807) is 17.0 Å². The maximum atomic E-state index is 13.4. The highest BCUT2D eigenvalue weighted by molar-refractivity contribution is 7.92. The van der Waals surface area contributed by atoms with E-state index in [9.17, 15) is 12.8 Å². The highest BCUT2D eigenvalue weighted by Gasteiger charge is 2.21. The normalized spacial score (nSPS) is 11.2. The highest BCUT2D eigenvalue weighted by atomic mass is 32.2. The van der Waals surface area contributed by atoms with Gasteiger partial charge in [0.25, 0.3) is 10.0 Å². The van der Waals surface area contributed by atoms with Crippen molar-refractivity contribution in [3.63, 3.8) is 0 Å². The summed E-state index contributed by atoms with van der Waals surface area (Å²) < 4.78 is 47.2. The van der Waals surface area contributed by atoms with Crippen LogP contribution in [0, 0.1) is 5.82 Å². The second kappa shape index (κ2) is 6.24. The van der Waals surface area contributed by atoms with Crippen molar-refractivity contribution in [1.82, 2.24) is 19.5 Å². The molecule has 0 saturated carbocycles. The van der Waals surface area contributed by atoms with Crippen LogP contribution in [0.1, 0.15) is 0 Å². The lowest BCUT2D eigenvalue weighted by Gasteiger charge is -2.11. The fourth-order valence-corrected chi connectivity index (χ4v) is 3.17. The van der Waals surface area contributed by atoms with Crippen molar-refractivity contribution < 1.29 is 17.5 Å². The van der Waals surface area contributed by atoms with Crippen LogP contribution in [0.25, 0.3) is 5.82 Å². The Labute approximate surface area is 137 Å². The topological polar surface area (TPSA) is 99.0 Å². The zero-order valence-corrected chi connectivity index (χ0v) is 13.2. The lowest BCUT2D eigenvalue weighted by molar-refractivity contribution is 0.401. The van der Waals surface area contributed by atoms with Gasteiger partial charge in [-0.2, -0.15) is 0 Å². The number of nitrogens with zero attached hydrogens (tertiary/aromatic N) is 4. The van der Waals surface area contributed by atoms with Gasteiger partial charge in [-0.3, -0.25) is 9.29 Å². The molecule has 0 radical (unpaired) electrons. The first kappa shape index (κ1) is 15.9. The van der Waals surface area contributed by atoms with E-state index in [0.717, 1.165) is 12.1 Å². The SMILES string of the molecule is COc1ccc(F)cc1S(=O)(=O)Nc1cc(-n2ccnc2)ncn1. The van der Waals surface area contributed by atoms with Gasteiger partial charge < -0.3 is 4.74 Å². The number of nitrogens with one attached hydrogen (secondary N) is 1. The molecule has 24 heavy (non-hydrogen) atoms. The number of imidazole rings is 1. The van der Waals surface area contributed by atoms with E-state index in [-0.39, 0.29) is 16.5 Å². The summed E-state index contributed by atoms with van der Waals surface area (Å²) in [6.07, 6.45) is 5.92. The molecule has 0 spiro atoms. The molecule has 10 heteroatoms. The van der Waals surface area contributed by atoms with E-state index < -0.39 is 15.8 Å². The van der Waals surface area contributed by atoms with Crippen LogP contribution < -0.4 is 9.46 Å². The average molecular weight is 349 g/mol. The minimum atomic E-state index is -4.09. The number of hydrogen-bond acceptors (Lipinski definition) is 6. The predicted molar refractivity (Wildman–Crippen MR) is 82.9 cm³/mol. The molecular weight excluding hydrogens is 337 g/mol. The molecule has 1 aromatic carbocycles. The van der Waals surface area contributed by atoms with Crippen LogP contribution in [0.4, 0.5) is 10.2 Å². The molecule has 0 aliphatic rings. The second-order valence-electron chi connectivity index (χ2n) is 4.63. The predicted octanol–water partition coefficient (Wildman–Crippen LogP) is 1.61. The largest absolute Gasteiger partial charge is 0.495 e. The van der Waals surface area contributed by atoms with Crippen molar-refractivity contribution in [3.05, 3.63) is 55.1 Å². The molecule has 0 bridgehead atoms.